The molecule has 1 saturated heterocycles. The van der Waals surface area contributed by atoms with Crippen LogP contribution in [0.2, 0.25) is 0 Å². The van der Waals surface area contributed by atoms with Gasteiger partial charge < -0.3 is 20.1 Å². The van der Waals surface area contributed by atoms with E-state index in [1.165, 1.54) is 0 Å². The second kappa shape index (κ2) is 10.1. The maximum Gasteiger partial charge on any atom is 0.319 e. The molecule has 0 bridgehead atoms. The monoisotopic (exact) mass is 438 g/mol. The van der Waals surface area contributed by atoms with Crippen molar-refractivity contribution in [3.8, 4) is 0 Å². The summed E-state index contributed by atoms with van der Waals surface area (Å²) < 4.78 is 4.15. The number of hydrogen-bond donors (Lipinski definition) is 2. The van der Waals surface area contributed by atoms with Crippen LogP contribution in [0.4, 0.5) is 10.5 Å². The van der Waals surface area contributed by atoms with Gasteiger partial charge in [0.25, 0.3) is 0 Å². The van der Waals surface area contributed by atoms with E-state index >= 15 is 0 Å². The van der Waals surface area contributed by atoms with E-state index in [1.807, 2.05) is 44.6 Å². The number of rotatable bonds is 8. The number of imidazole rings is 1. The maximum absolute atomic E-state index is 12.4. The summed E-state index contributed by atoms with van der Waals surface area (Å²) in [5.41, 5.74) is 3.98. The van der Waals surface area contributed by atoms with Crippen LogP contribution in [0, 0.1) is 13.8 Å². The molecule has 3 aromatic rings. The van der Waals surface area contributed by atoms with E-state index in [2.05, 4.69) is 41.7 Å². The molecule has 172 valence electrons. The summed E-state index contributed by atoms with van der Waals surface area (Å²) in [4.78, 5) is 21.3. The molecule has 1 aliphatic heterocycles. The van der Waals surface area contributed by atoms with Crippen molar-refractivity contribution in [3.05, 3.63) is 42.1 Å². The highest BCUT2D eigenvalue weighted by molar-refractivity contribution is 5.93. The standard InChI is InChI=1S/C23H34N8O/c1-18-16-24-17-30(18)8-4-7-25-23(32)26-20-5-6-21-19(2)27-31(22(21)15-20)14-13-29-11-9-28(3)10-12-29/h5-6,15-17H,4,7-14H2,1-3H3,(H2,25,26,32). The molecule has 1 aliphatic rings. The molecule has 2 amide bonds. The molecule has 0 radical (unpaired) electrons. The number of carbonyl (C=O) groups is 1. The van der Waals surface area contributed by atoms with Gasteiger partial charge in [0.05, 0.1) is 24.1 Å². The number of benzene rings is 1. The zero-order valence-electron chi connectivity index (χ0n) is 19.3. The topological polar surface area (TPSA) is 83.3 Å². The first-order valence-corrected chi connectivity index (χ1v) is 11.4. The molecule has 9 heteroatoms. The quantitative estimate of drug-likeness (QED) is 0.528. The molecule has 0 spiro atoms. The number of piperazine rings is 1. The number of nitrogens with zero attached hydrogens (tertiary/aromatic N) is 6. The van der Waals surface area contributed by atoms with Crippen molar-refractivity contribution in [1.29, 1.82) is 0 Å². The Balaban J connectivity index is 1.31. The van der Waals surface area contributed by atoms with Crippen LogP contribution in [-0.4, -0.2) is 81.5 Å². The highest BCUT2D eigenvalue weighted by Crippen LogP contribution is 2.22. The number of aryl methyl sites for hydroxylation is 3. The second-order valence-electron chi connectivity index (χ2n) is 8.65. The smallest absolute Gasteiger partial charge is 0.319 e. The van der Waals surface area contributed by atoms with Gasteiger partial charge in [-0.2, -0.15) is 5.10 Å². The van der Waals surface area contributed by atoms with Gasteiger partial charge in [0, 0.05) is 68.8 Å². The van der Waals surface area contributed by atoms with Crippen LogP contribution in [0.1, 0.15) is 17.8 Å². The Morgan fingerprint density at radius 2 is 1.91 bits per heavy atom. The summed E-state index contributed by atoms with van der Waals surface area (Å²) in [7, 11) is 2.17. The lowest BCUT2D eigenvalue weighted by molar-refractivity contribution is 0.149. The molecule has 0 unspecified atom stereocenters. The maximum atomic E-state index is 12.4. The van der Waals surface area contributed by atoms with Gasteiger partial charge in [-0.1, -0.05) is 0 Å². The van der Waals surface area contributed by atoms with Crippen LogP contribution in [0.25, 0.3) is 10.9 Å². The number of nitrogens with one attached hydrogen (secondary N) is 2. The van der Waals surface area contributed by atoms with Crippen molar-refractivity contribution in [2.45, 2.75) is 33.4 Å². The second-order valence-corrected chi connectivity index (χ2v) is 8.65. The van der Waals surface area contributed by atoms with Gasteiger partial charge in [-0.15, -0.1) is 0 Å². The van der Waals surface area contributed by atoms with Gasteiger partial charge in [0.1, 0.15) is 0 Å². The molecular formula is C23H34N8O. The number of anilines is 1. The van der Waals surface area contributed by atoms with Crippen molar-refractivity contribution >= 4 is 22.6 Å². The lowest BCUT2D eigenvalue weighted by Gasteiger charge is -2.32. The van der Waals surface area contributed by atoms with Crippen LogP contribution >= 0.6 is 0 Å². The fraction of sp³-hybridized carbons (Fsp3) is 0.522. The average molecular weight is 439 g/mol. The molecule has 4 rings (SSSR count). The van der Waals surface area contributed by atoms with E-state index in [1.54, 1.807) is 0 Å². The third-order valence-electron chi connectivity index (χ3n) is 6.20. The molecule has 0 aliphatic carbocycles. The van der Waals surface area contributed by atoms with Crippen molar-refractivity contribution in [3.63, 3.8) is 0 Å². The third-order valence-corrected chi connectivity index (χ3v) is 6.20. The first-order valence-electron chi connectivity index (χ1n) is 11.4. The van der Waals surface area contributed by atoms with E-state index in [9.17, 15) is 4.79 Å². The van der Waals surface area contributed by atoms with Crippen molar-refractivity contribution in [2.75, 3.05) is 51.6 Å². The molecule has 1 fully saturated rings. The molecule has 3 heterocycles. The Kier molecular flexibility index (Phi) is 7.06. The minimum absolute atomic E-state index is 0.188. The predicted molar refractivity (Wildman–Crippen MR) is 127 cm³/mol. The highest BCUT2D eigenvalue weighted by Gasteiger charge is 2.15. The SMILES string of the molecule is Cc1nn(CCN2CCN(C)CC2)c2cc(NC(=O)NCCCn3cncc3C)ccc12. The van der Waals surface area contributed by atoms with Crippen LogP contribution in [0.3, 0.4) is 0 Å². The lowest BCUT2D eigenvalue weighted by Crippen LogP contribution is -2.45. The normalized spacial score (nSPS) is 15.3. The molecule has 1 aromatic carbocycles. The summed E-state index contributed by atoms with van der Waals surface area (Å²) in [6, 6.07) is 5.82. The van der Waals surface area contributed by atoms with Gasteiger partial charge >= 0.3 is 6.03 Å². The summed E-state index contributed by atoms with van der Waals surface area (Å²) in [6.07, 6.45) is 4.51. The van der Waals surface area contributed by atoms with Crippen molar-refractivity contribution in [2.24, 2.45) is 0 Å². The van der Waals surface area contributed by atoms with Gasteiger partial charge in [-0.25, -0.2) is 9.78 Å². The first-order chi connectivity index (χ1) is 15.5. The molecule has 9 nitrogen and oxygen atoms in total. The van der Waals surface area contributed by atoms with Gasteiger partial charge in [-0.05, 0) is 45.5 Å². The molecule has 32 heavy (non-hydrogen) atoms. The average Bonchev–Trinajstić information content (AvgIpc) is 3.33. The van der Waals surface area contributed by atoms with E-state index in [0.29, 0.717) is 6.54 Å². The van der Waals surface area contributed by atoms with Crippen LogP contribution in [-0.2, 0) is 13.1 Å². The molecule has 2 N–H and O–H groups in total. The van der Waals surface area contributed by atoms with Gasteiger partial charge in [0.2, 0.25) is 0 Å². The van der Waals surface area contributed by atoms with Crippen LogP contribution in [0.15, 0.2) is 30.7 Å². The van der Waals surface area contributed by atoms with E-state index in [0.717, 1.165) is 80.2 Å². The highest BCUT2D eigenvalue weighted by atomic mass is 16.2. The largest absolute Gasteiger partial charge is 0.338 e. The number of amides is 2. The Morgan fingerprint density at radius 1 is 1.09 bits per heavy atom. The fourth-order valence-corrected chi connectivity index (χ4v) is 4.14. The van der Waals surface area contributed by atoms with Crippen LogP contribution in [0.5, 0.6) is 0 Å². The van der Waals surface area contributed by atoms with E-state index in [-0.39, 0.29) is 6.03 Å². The predicted octanol–water partition coefficient (Wildman–Crippen LogP) is 2.31. The number of fused-ring (bicyclic) bond motifs is 1. The number of hydrogen-bond acceptors (Lipinski definition) is 5. The number of aromatic nitrogens is 4. The van der Waals surface area contributed by atoms with E-state index in [4.69, 9.17) is 5.10 Å². The number of urea groups is 1. The molecular weight excluding hydrogens is 404 g/mol. The zero-order valence-corrected chi connectivity index (χ0v) is 19.3. The van der Waals surface area contributed by atoms with Crippen LogP contribution < -0.4 is 10.6 Å². The lowest BCUT2D eigenvalue weighted by atomic mass is 10.2. The molecule has 0 saturated carbocycles. The summed E-state index contributed by atoms with van der Waals surface area (Å²) in [5.74, 6) is 0. The first kappa shape index (κ1) is 22.3. The number of likely N-dealkylation sites (N-methyl/N-ethyl adjacent to an activating group) is 1. The molecule has 0 atom stereocenters. The van der Waals surface area contributed by atoms with Gasteiger partial charge in [0.15, 0.2) is 0 Å². The minimum Gasteiger partial charge on any atom is -0.338 e. The molecule has 2 aromatic heterocycles. The van der Waals surface area contributed by atoms with Crippen molar-refractivity contribution in [1.82, 2.24) is 34.4 Å². The summed E-state index contributed by atoms with van der Waals surface area (Å²) in [5, 5.41) is 11.8. The Morgan fingerprint density at radius 3 is 2.66 bits per heavy atom. The fourth-order valence-electron chi connectivity index (χ4n) is 4.14. The van der Waals surface area contributed by atoms with Crippen molar-refractivity contribution < 1.29 is 4.79 Å². The Bertz CT molecular complexity index is 1050. The Hall–Kier alpha value is -2.91. The zero-order chi connectivity index (χ0) is 22.5. The summed E-state index contributed by atoms with van der Waals surface area (Å²) >= 11 is 0. The van der Waals surface area contributed by atoms with E-state index < -0.39 is 0 Å². The Labute approximate surface area is 189 Å². The third kappa shape index (κ3) is 5.46. The number of carbonyl (C=O) groups excluding carboxylic acids is 1. The summed E-state index contributed by atoms with van der Waals surface area (Å²) in [6.45, 7) is 11.8. The minimum atomic E-state index is -0.188. The van der Waals surface area contributed by atoms with Gasteiger partial charge in [-0.3, -0.25) is 9.58 Å².